The number of carbonyl (C=O) groups excluding carboxylic acids is 1. The van der Waals surface area contributed by atoms with Gasteiger partial charge in [-0.25, -0.2) is 8.42 Å². The van der Waals surface area contributed by atoms with Gasteiger partial charge in [0.05, 0.1) is 18.5 Å². The molecule has 0 aliphatic heterocycles. The van der Waals surface area contributed by atoms with Crippen LogP contribution in [-0.2, 0) is 21.2 Å². The van der Waals surface area contributed by atoms with Crippen molar-refractivity contribution in [3.8, 4) is 5.75 Å². The van der Waals surface area contributed by atoms with E-state index in [1.807, 2.05) is 50.2 Å². The van der Waals surface area contributed by atoms with Crippen molar-refractivity contribution in [1.82, 2.24) is 5.32 Å². The number of carbonyl (C=O) groups is 1. The number of ether oxygens (including phenoxy) is 1. The van der Waals surface area contributed by atoms with Crippen LogP contribution < -0.4 is 14.4 Å². The average molecular weight is 419 g/mol. The highest BCUT2D eigenvalue weighted by molar-refractivity contribution is 7.92. The van der Waals surface area contributed by atoms with Gasteiger partial charge in [0, 0.05) is 0 Å². The van der Waals surface area contributed by atoms with Gasteiger partial charge in [-0.15, -0.1) is 0 Å². The van der Waals surface area contributed by atoms with Gasteiger partial charge in [-0.3, -0.25) is 9.10 Å². The summed E-state index contributed by atoms with van der Waals surface area (Å²) in [5.74, 6) is 0.360. The normalized spacial score (nSPS) is 12.3. The van der Waals surface area contributed by atoms with Gasteiger partial charge in [0.2, 0.25) is 15.9 Å². The molecule has 0 heterocycles. The Morgan fingerprint density at radius 2 is 1.79 bits per heavy atom. The molecule has 0 saturated heterocycles. The van der Waals surface area contributed by atoms with Crippen molar-refractivity contribution < 1.29 is 17.9 Å². The number of amides is 1. The van der Waals surface area contributed by atoms with Crippen LogP contribution in [0.4, 0.5) is 5.69 Å². The summed E-state index contributed by atoms with van der Waals surface area (Å²) in [6, 6.07) is 12.5. The highest BCUT2D eigenvalue weighted by Crippen LogP contribution is 2.26. The van der Waals surface area contributed by atoms with Crippen LogP contribution in [0.1, 0.15) is 30.5 Å². The van der Waals surface area contributed by atoms with E-state index in [2.05, 4.69) is 12.2 Å². The first kappa shape index (κ1) is 22.7. The smallest absolute Gasteiger partial charge is 0.243 e. The van der Waals surface area contributed by atoms with Crippen molar-refractivity contribution in [3.05, 3.63) is 59.2 Å². The van der Waals surface area contributed by atoms with E-state index < -0.39 is 16.1 Å². The third-order valence-corrected chi connectivity index (χ3v) is 5.92. The van der Waals surface area contributed by atoms with Gasteiger partial charge in [0.25, 0.3) is 0 Å². The molecule has 0 aliphatic carbocycles. The molecular formula is C22H30N2O4S. The van der Waals surface area contributed by atoms with E-state index >= 15 is 0 Å². The molecule has 29 heavy (non-hydrogen) atoms. The van der Waals surface area contributed by atoms with Gasteiger partial charge in [-0.05, 0) is 62.1 Å². The number of sulfonamides is 1. The summed E-state index contributed by atoms with van der Waals surface area (Å²) in [7, 11) is -3.64. The molecule has 0 fully saturated rings. The second kappa shape index (κ2) is 9.78. The monoisotopic (exact) mass is 418 g/mol. The molecule has 0 saturated carbocycles. The van der Waals surface area contributed by atoms with Gasteiger partial charge >= 0.3 is 0 Å². The second-order valence-corrected chi connectivity index (χ2v) is 9.02. The number of benzene rings is 2. The largest absolute Gasteiger partial charge is 0.492 e. The highest BCUT2D eigenvalue weighted by Gasteiger charge is 2.30. The van der Waals surface area contributed by atoms with Gasteiger partial charge in [0.15, 0.2) is 0 Å². The zero-order chi connectivity index (χ0) is 21.6. The van der Waals surface area contributed by atoms with E-state index in [-0.39, 0.29) is 12.5 Å². The molecule has 1 amide bonds. The van der Waals surface area contributed by atoms with E-state index in [0.717, 1.165) is 29.6 Å². The number of anilines is 1. The lowest BCUT2D eigenvalue weighted by atomic mass is 10.1. The van der Waals surface area contributed by atoms with Crippen LogP contribution in [0.2, 0.25) is 0 Å². The first-order valence-electron chi connectivity index (χ1n) is 9.69. The molecule has 0 aromatic heterocycles. The average Bonchev–Trinajstić information content (AvgIpc) is 2.67. The van der Waals surface area contributed by atoms with Crippen LogP contribution in [0.5, 0.6) is 5.75 Å². The molecule has 1 unspecified atom stereocenters. The van der Waals surface area contributed by atoms with Crippen molar-refractivity contribution in [2.75, 3.05) is 23.7 Å². The van der Waals surface area contributed by atoms with Crippen molar-refractivity contribution in [2.45, 2.75) is 40.2 Å². The fourth-order valence-electron chi connectivity index (χ4n) is 3.05. The lowest BCUT2D eigenvalue weighted by Gasteiger charge is -2.29. The van der Waals surface area contributed by atoms with Crippen LogP contribution >= 0.6 is 0 Å². The predicted octanol–water partition coefficient (Wildman–Crippen LogP) is 3.22. The number of nitrogens with zero attached hydrogens (tertiary/aromatic N) is 1. The number of hydrogen-bond donors (Lipinski definition) is 1. The fourth-order valence-corrected chi connectivity index (χ4v) is 4.27. The summed E-state index contributed by atoms with van der Waals surface area (Å²) in [6.45, 7) is 7.97. The predicted molar refractivity (Wildman–Crippen MR) is 117 cm³/mol. The Labute approximate surface area is 173 Å². The minimum atomic E-state index is -3.64. The molecule has 0 aliphatic rings. The third-order valence-electron chi connectivity index (χ3n) is 4.69. The first-order chi connectivity index (χ1) is 13.6. The maximum atomic E-state index is 12.6. The second-order valence-electron chi connectivity index (χ2n) is 7.16. The Kier molecular flexibility index (Phi) is 7.67. The van der Waals surface area contributed by atoms with E-state index in [0.29, 0.717) is 12.3 Å². The van der Waals surface area contributed by atoms with E-state index in [9.17, 15) is 13.2 Å². The molecule has 1 atom stereocenters. The minimum absolute atomic E-state index is 0.281. The number of hydrogen-bond acceptors (Lipinski definition) is 4. The molecule has 1 N–H and O–H groups in total. The summed E-state index contributed by atoms with van der Waals surface area (Å²) >= 11 is 0. The quantitative estimate of drug-likeness (QED) is 0.635. The summed E-state index contributed by atoms with van der Waals surface area (Å²) in [6.07, 6.45) is 2.08. The molecule has 2 aromatic rings. The van der Waals surface area contributed by atoms with Crippen LogP contribution in [0, 0.1) is 13.8 Å². The number of nitrogens with one attached hydrogen (secondary N) is 1. The molecule has 0 spiro atoms. The van der Waals surface area contributed by atoms with E-state index in [1.54, 1.807) is 13.0 Å². The molecule has 0 radical (unpaired) electrons. The first-order valence-corrected chi connectivity index (χ1v) is 11.5. The van der Waals surface area contributed by atoms with Gasteiger partial charge in [-0.1, -0.05) is 31.2 Å². The summed E-state index contributed by atoms with van der Waals surface area (Å²) in [5.41, 5.74) is 3.46. The SMILES string of the molecule is CCc1ccc(OCCNC(=O)C(C)N(c2cc(C)ccc2C)S(C)(=O)=O)cc1. The van der Waals surface area contributed by atoms with Crippen LogP contribution in [0.25, 0.3) is 0 Å². The molecule has 2 rings (SSSR count). The minimum Gasteiger partial charge on any atom is -0.492 e. The maximum absolute atomic E-state index is 12.6. The molecule has 158 valence electrons. The third kappa shape index (κ3) is 6.22. The Balaban J connectivity index is 2.01. The van der Waals surface area contributed by atoms with Crippen LogP contribution in [0.15, 0.2) is 42.5 Å². The van der Waals surface area contributed by atoms with Crippen molar-refractivity contribution in [1.29, 1.82) is 0 Å². The highest BCUT2D eigenvalue weighted by atomic mass is 32.2. The zero-order valence-corrected chi connectivity index (χ0v) is 18.5. The van der Waals surface area contributed by atoms with Crippen molar-refractivity contribution in [3.63, 3.8) is 0 Å². The Hall–Kier alpha value is -2.54. The van der Waals surface area contributed by atoms with Crippen LogP contribution in [-0.4, -0.2) is 39.8 Å². The molecular weight excluding hydrogens is 388 g/mol. The Morgan fingerprint density at radius 1 is 1.14 bits per heavy atom. The molecule has 2 aromatic carbocycles. The summed E-state index contributed by atoms with van der Waals surface area (Å²) < 4.78 is 31.7. The van der Waals surface area contributed by atoms with Gasteiger partial charge in [-0.2, -0.15) is 0 Å². The lowest BCUT2D eigenvalue weighted by Crippen LogP contribution is -2.48. The topological polar surface area (TPSA) is 75.7 Å². The van der Waals surface area contributed by atoms with Crippen molar-refractivity contribution >= 4 is 21.6 Å². The molecule has 7 heteroatoms. The van der Waals surface area contributed by atoms with Crippen molar-refractivity contribution in [2.24, 2.45) is 0 Å². The van der Waals surface area contributed by atoms with Crippen LogP contribution in [0.3, 0.4) is 0 Å². The zero-order valence-electron chi connectivity index (χ0n) is 17.7. The lowest BCUT2D eigenvalue weighted by molar-refractivity contribution is -0.121. The fraction of sp³-hybridized carbons (Fsp3) is 0.409. The summed E-state index contributed by atoms with van der Waals surface area (Å²) in [5, 5.41) is 2.76. The maximum Gasteiger partial charge on any atom is 0.243 e. The molecule has 0 bridgehead atoms. The standard InChI is InChI=1S/C22H30N2O4S/c1-6-19-9-11-20(12-10-19)28-14-13-23-22(25)18(4)24(29(5,26)27)21-15-16(2)7-8-17(21)3/h7-12,15,18H,6,13-14H2,1-5H3,(H,23,25). The van der Waals surface area contributed by atoms with Gasteiger partial charge < -0.3 is 10.1 Å². The van der Waals surface area contributed by atoms with Gasteiger partial charge in [0.1, 0.15) is 18.4 Å². The number of aryl methyl sites for hydroxylation is 3. The Bertz CT molecular complexity index is 940. The number of rotatable bonds is 9. The van der Waals surface area contributed by atoms with E-state index in [4.69, 9.17) is 4.74 Å². The summed E-state index contributed by atoms with van der Waals surface area (Å²) in [4.78, 5) is 12.6. The molecule has 6 nitrogen and oxygen atoms in total. The van der Waals surface area contributed by atoms with E-state index in [1.165, 1.54) is 9.87 Å². The Morgan fingerprint density at radius 3 is 2.38 bits per heavy atom.